The predicted molar refractivity (Wildman–Crippen MR) is 114 cm³/mol. The fraction of sp³-hybridized carbons (Fsp3) is 0.0526. The minimum absolute atomic E-state index is 0.000432. The molecule has 3 aromatic rings. The van der Waals surface area contributed by atoms with Gasteiger partial charge in [-0.05, 0) is 11.6 Å². The van der Waals surface area contributed by atoms with Gasteiger partial charge in [-0.15, -0.1) is 0 Å². The minimum Gasteiger partial charge on any atom is -0.506 e. The summed E-state index contributed by atoms with van der Waals surface area (Å²) in [6.45, 7) is 0. The first-order valence-electron chi connectivity index (χ1n) is 7.91. The van der Waals surface area contributed by atoms with Crippen molar-refractivity contribution in [2.75, 3.05) is 0 Å². The van der Waals surface area contributed by atoms with E-state index in [2.05, 4.69) is 0 Å². The van der Waals surface area contributed by atoms with Crippen molar-refractivity contribution >= 4 is 56.5 Å². The highest BCUT2D eigenvalue weighted by Gasteiger charge is 2.53. The summed E-state index contributed by atoms with van der Waals surface area (Å²) in [4.78, 5) is 0. The Morgan fingerprint density at radius 1 is 0.759 bits per heavy atom. The molecule has 0 aliphatic carbocycles. The highest BCUT2D eigenvalue weighted by Crippen LogP contribution is 2.54. The van der Waals surface area contributed by atoms with Gasteiger partial charge in [0, 0.05) is 17.2 Å². The molecule has 1 atom stereocenters. The molecule has 0 aromatic heterocycles. The number of phenolic OH excluding ortho intramolecular Hbond substituents is 2. The summed E-state index contributed by atoms with van der Waals surface area (Å²) >= 11 is 25.0. The summed E-state index contributed by atoms with van der Waals surface area (Å²) in [5.74, 6) is -0.997. The van der Waals surface area contributed by atoms with Crippen LogP contribution in [0.2, 0.25) is 20.1 Å². The van der Waals surface area contributed by atoms with Crippen LogP contribution >= 0.6 is 46.4 Å². The van der Waals surface area contributed by atoms with Gasteiger partial charge < -0.3 is 10.2 Å². The zero-order chi connectivity index (χ0) is 21.6. The number of rotatable bonds is 4. The van der Waals surface area contributed by atoms with Gasteiger partial charge in [0.2, 0.25) is 0 Å². The Labute approximate surface area is 186 Å². The fourth-order valence-electron chi connectivity index (χ4n) is 3.22. The Balaban J connectivity index is 2.70. The van der Waals surface area contributed by atoms with E-state index in [1.54, 1.807) is 6.07 Å². The molecule has 0 saturated heterocycles. The van der Waals surface area contributed by atoms with Gasteiger partial charge in [0.25, 0.3) is 10.1 Å². The van der Waals surface area contributed by atoms with E-state index in [1.165, 1.54) is 42.5 Å². The van der Waals surface area contributed by atoms with Crippen molar-refractivity contribution in [1.29, 1.82) is 0 Å². The van der Waals surface area contributed by atoms with E-state index in [9.17, 15) is 23.2 Å². The van der Waals surface area contributed by atoms with Gasteiger partial charge in [0.1, 0.15) is 11.5 Å². The maximum atomic E-state index is 13.0. The lowest BCUT2D eigenvalue weighted by Gasteiger charge is -2.34. The van der Waals surface area contributed by atoms with Gasteiger partial charge in [-0.25, -0.2) is 0 Å². The number of halogens is 4. The molecule has 0 heterocycles. The van der Waals surface area contributed by atoms with Crippen LogP contribution in [0.25, 0.3) is 0 Å². The first-order chi connectivity index (χ1) is 13.5. The molecule has 0 spiro atoms. The summed E-state index contributed by atoms with van der Waals surface area (Å²) < 4.78 is 34.0. The number of hydrogen-bond acceptors (Lipinski definition) is 4. The maximum Gasteiger partial charge on any atom is 0.283 e. The van der Waals surface area contributed by atoms with Gasteiger partial charge in [-0.2, -0.15) is 8.42 Å². The van der Waals surface area contributed by atoms with Crippen molar-refractivity contribution in [3.63, 3.8) is 0 Å². The van der Waals surface area contributed by atoms with E-state index in [0.717, 1.165) is 6.07 Å². The van der Waals surface area contributed by atoms with Crippen molar-refractivity contribution in [3.05, 3.63) is 91.4 Å². The van der Waals surface area contributed by atoms with Crippen LogP contribution in [0.3, 0.4) is 0 Å². The van der Waals surface area contributed by atoms with Crippen molar-refractivity contribution in [1.82, 2.24) is 0 Å². The summed E-state index contributed by atoms with van der Waals surface area (Å²) in [7, 11) is -5.14. The topological polar surface area (TPSA) is 94.8 Å². The Kier molecular flexibility index (Phi) is 5.98. The van der Waals surface area contributed by atoms with E-state index in [4.69, 9.17) is 46.4 Å². The molecule has 3 aromatic carbocycles. The molecule has 0 aliphatic rings. The third-order valence-electron chi connectivity index (χ3n) is 4.41. The van der Waals surface area contributed by atoms with Crippen LogP contribution in [0, 0.1) is 0 Å². The predicted octanol–water partition coefficient (Wildman–Crippen LogP) is 5.89. The van der Waals surface area contributed by atoms with Crippen LogP contribution in [-0.2, 0) is 14.9 Å². The number of aromatic hydroxyl groups is 2. The van der Waals surface area contributed by atoms with Crippen LogP contribution < -0.4 is 0 Å². The van der Waals surface area contributed by atoms with E-state index >= 15 is 0 Å². The van der Waals surface area contributed by atoms with Crippen LogP contribution in [0.4, 0.5) is 0 Å². The Morgan fingerprint density at radius 2 is 1.38 bits per heavy atom. The normalized spacial score (nSPS) is 13.8. The van der Waals surface area contributed by atoms with Gasteiger partial charge in [0.05, 0.1) is 20.1 Å². The average molecular weight is 494 g/mol. The zero-order valence-corrected chi connectivity index (χ0v) is 18.1. The monoisotopic (exact) mass is 492 g/mol. The maximum absolute atomic E-state index is 13.0. The third-order valence-corrected chi connectivity index (χ3v) is 7.41. The number of benzene rings is 3. The van der Waals surface area contributed by atoms with E-state index in [0.29, 0.717) is 0 Å². The standard InChI is InChI=1S/C19H12Cl4O5S/c20-12-9-14(25)18(23)15(17(12)22)19(29(26,27)28,10-5-2-1-3-6-10)11-7-4-8-13(24)16(11)21/h1-9,24-25H,(H,26,27,28). The quantitative estimate of drug-likeness (QED) is 0.239. The molecule has 0 saturated carbocycles. The highest BCUT2D eigenvalue weighted by molar-refractivity contribution is 7.87. The molecular weight excluding hydrogens is 482 g/mol. The number of hydrogen-bond donors (Lipinski definition) is 3. The molecule has 152 valence electrons. The third kappa shape index (κ3) is 3.44. The van der Waals surface area contributed by atoms with E-state index in [-0.39, 0.29) is 26.2 Å². The number of phenols is 2. The summed E-state index contributed by atoms with van der Waals surface area (Å²) in [5, 5.41) is 19.0. The Hall–Kier alpha value is -1.67. The van der Waals surface area contributed by atoms with Gasteiger partial charge in [-0.1, -0.05) is 88.9 Å². The Morgan fingerprint density at radius 3 is 1.97 bits per heavy atom. The molecule has 3 N–H and O–H groups in total. The first kappa shape index (κ1) is 22.0. The molecule has 10 heteroatoms. The lowest BCUT2D eigenvalue weighted by atomic mass is 9.83. The molecule has 0 amide bonds. The van der Waals surface area contributed by atoms with Gasteiger partial charge in [0.15, 0.2) is 4.75 Å². The molecule has 29 heavy (non-hydrogen) atoms. The molecule has 0 bridgehead atoms. The van der Waals surface area contributed by atoms with E-state index in [1.807, 2.05) is 0 Å². The SMILES string of the molecule is O=S(=O)(O)C(c1ccccc1)(c1cccc(O)c1Cl)c1c(Cl)c(O)cc(Cl)c1Cl. The Bertz CT molecular complexity index is 1170. The summed E-state index contributed by atoms with van der Waals surface area (Å²) in [6, 6.07) is 12.4. The van der Waals surface area contributed by atoms with Crippen LogP contribution in [0.1, 0.15) is 16.7 Å². The van der Waals surface area contributed by atoms with Crippen LogP contribution in [-0.4, -0.2) is 23.2 Å². The zero-order valence-electron chi connectivity index (χ0n) is 14.3. The second-order valence-corrected chi connectivity index (χ2v) is 9.15. The van der Waals surface area contributed by atoms with Crippen molar-refractivity contribution in [3.8, 4) is 11.5 Å². The molecule has 0 aliphatic heterocycles. The van der Waals surface area contributed by atoms with Crippen molar-refractivity contribution < 1.29 is 23.2 Å². The lowest BCUT2D eigenvalue weighted by molar-refractivity contribution is 0.455. The van der Waals surface area contributed by atoms with Crippen LogP contribution in [0.5, 0.6) is 11.5 Å². The van der Waals surface area contributed by atoms with Gasteiger partial charge >= 0.3 is 0 Å². The molecule has 0 radical (unpaired) electrons. The molecular formula is C19H12Cl4O5S. The minimum atomic E-state index is -5.14. The summed E-state index contributed by atoms with van der Waals surface area (Å²) in [6.07, 6.45) is 0. The summed E-state index contributed by atoms with van der Waals surface area (Å²) in [5.41, 5.74) is -0.647. The fourth-order valence-corrected chi connectivity index (χ4v) is 5.82. The molecule has 3 rings (SSSR count). The molecule has 0 fully saturated rings. The highest BCUT2D eigenvalue weighted by atomic mass is 35.5. The largest absolute Gasteiger partial charge is 0.506 e. The molecule has 1 unspecified atom stereocenters. The van der Waals surface area contributed by atoms with Crippen molar-refractivity contribution in [2.24, 2.45) is 0 Å². The first-order valence-corrected chi connectivity index (χ1v) is 10.9. The second-order valence-electron chi connectivity index (χ2n) is 6.04. The van der Waals surface area contributed by atoms with Crippen LogP contribution in [0.15, 0.2) is 54.6 Å². The van der Waals surface area contributed by atoms with Gasteiger partial charge in [-0.3, -0.25) is 4.55 Å². The smallest absolute Gasteiger partial charge is 0.283 e. The molecule has 5 nitrogen and oxygen atoms in total. The average Bonchev–Trinajstić information content (AvgIpc) is 2.66. The second kappa shape index (κ2) is 7.87. The lowest BCUT2D eigenvalue weighted by Crippen LogP contribution is -2.39. The van der Waals surface area contributed by atoms with E-state index < -0.39 is 37.0 Å². The van der Waals surface area contributed by atoms with Crippen molar-refractivity contribution in [2.45, 2.75) is 4.75 Å².